The summed E-state index contributed by atoms with van der Waals surface area (Å²) < 4.78 is 0. The van der Waals surface area contributed by atoms with Crippen molar-refractivity contribution in [1.82, 2.24) is 80.7 Å². The van der Waals surface area contributed by atoms with Crippen LogP contribution in [0.4, 0.5) is 0 Å². The number of aromatic nitrogens is 16. The first-order valence-electron chi connectivity index (χ1n) is 21.6. The van der Waals surface area contributed by atoms with E-state index in [9.17, 15) is 0 Å². The Morgan fingerprint density at radius 3 is 1.05 bits per heavy atom. The molecule has 0 spiro atoms. The van der Waals surface area contributed by atoms with Gasteiger partial charge in [0.2, 0.25) is 0 Å². The van der Waals surface area contributed by atoms with E-state index in [0.717, 1.165) is 28.3 Å². The van der Waals surface area contributed by atoms with E-state index in [1.807, 2.05) is 156 Å². The van der Waals surface area contributed by atoms with E-state index < -0.39 is 0 Å². The molecule has 0 saturated heterocycles. The van der Waals surface area contributed by atoms with Crippen LogP contribution >= 0.6 is 0 Å². The quantitative estimate of drug-likeness (QED) is 0.139. The minimum Gasteiger partial charge on any atom is -0.245 e. The van der Waals surface area contributed by atoms with Gasteiger partial charge in [0.05, 0.1) is 36.2 Å². The molecule has 0 aliphatic heterocycles. The Balaban J connectivity index is -0.0000000908. The fourth-order valence-electron chi connectivity index (χ4n) is 2.49. The largest absolute Gasteiger partial charge is 0.245 e. The van der Waals surface area contributed by atoms with Crippen LogP contribution in [0.1, 0.15) is 144 Å². The highest BCUT2D eigenvalue weighted by molar-refractivity contribution is 5.11. The molecule has 0 bridgehead atoms. The normalized spacial score (nSPS) is 7.33. The molecular formula is C48H86N16. The van der Waals surface area contributed by atoms with Crippen LogP contribution in [0.5, 0.6) is 0 Å². The molecule has 0 aliphatic rings. The van der Waals surface area contributed by atoms with E-state index >= 15 is 0 Å². The molecule has 0 N–H and O–H groups in total. The summed E-state index contributed by atoms with van der Waals surface area (Å²) >= 11 is 0. The van der Waals surface area contributed by atoms with Gasteiger partial charge >= 0.3 is 0 Å². The Bertz CT molecular complexity index is 1330. The Labute approximate surface area is 389 Å². The molecule has 64 heavy (non-hydrogen) atoms. The topological polar surface area (TPSA) is 206 Å². The third-order valence-electron chi connectivity index (χ3n) is 4.80. The van der Waals surface area contributed by atoms with Crippen molar-refractivity contribution in [2.45, 2.75) is 153 Å². The molecule has 1 aromatic carbocycles. The van der Waals surface area contributed by atoms with Crippen molar-refractivity contribution in [3.05, 3.63) is 157 Å². The Morgan fingerprint density at radius 1 is 0.297 bits per heavy atom. The van der Waals surface area contributed by atoms with Gasteiger partial charge in [0.1, 0.15) is 43.3 Å². The Kier molecular flexibility index (Phi) is 83.0. The maximum absolute atomic E-state index is 3.81. The molecule has 7 rings (SSSR count). The highest BCUT2D eigenvalue weighted by Gasteiger charge is 1.79. The van der Waals surface area contributed by atoms with Crippen molar-refractivity contribution in [2.75, 3.05) is 0 Å². The first kappa shape index (κ1) is 74.8. The lowest BCUT2D eigenvalue weighted by molar-refractivity contribution is 0.907. The number of aryl methyl sites for hydroxylation is 7. The van der Waals surface area contributed by atoms with E-state index in [-0.39, 0.29) is 7.43 Å². The Hall–Kier alpha value is -6.58. The number of benzene rings is 1. The van der Waals surface area contributed by atoms with E-state index in [1.165, 1.54) is 37.2 Å². The Morgan fingerprint density at radius 2 is 0.828 bits per heavy atom. The van der Waals surface area contributed by atoms with Crippen molar-refractivity contribution < 1.29 is 0 Å². The maximum Gasteiger partial charge on any atom is 0.147 e. The van der Waals surface area contributed by atoms with Crippen LogP contribution in [0.25, 0.3) is 0 Å². The van der Waals surface area contributed by atoms with Gasteiger partial charge in [0.25, 0.3) is 0 Å². The molecule has 0 fully saturated rings. The standard InChI is InChI=1S/C7H8.2C5H6N2.4C4H5N3.7C2H6.CH4/c1-7-5-3-2-4-6-7;1-5-2-6-4-7-3-5;1-5-2-3-6-7-4-5;1-4-6-2-5-3-7-4;1-4-2-6-7-3-5-4;1-4-2-5-3-6-7-4;1-4-5-2-3-6-7-4;7*1-2;/h2-6H,1H3;2*2-4H,1H3;4*2-3H,1H3;7*1-2H3;1H4. The molecule has 6 heterocycles. The zero-order valence-electron chi connectivity index (χ0n) is 42.6. The first-order valence-corrected chi connectivity index (χ1v) is 21.6. The molecule has 16 heteroatoms. The van der Waals surface area contributed by atoms with E-state index in [1.54, 1.807) is 56.5 Å². The lowest BCUT2D eigenvalue weighted by Gasteiger charge is -1.82. The highest BCUT2D eigenvalue weighted by Crippen LogP contribution is 1.92. The summed E-state index contributed by atoms with van der Waals surface area (Å²) in [7, 11) is 0. The van der Waals surface area contributed by atoms with Gasteiger partial charge in [-0.2, -0.15) is 25.5 Å². The molecule has 0 atom stereocenters. The SMILES string of the molecule is C.CC.CC.CC.CC.CC.CC.CC.Cc1ccccc1.Cc1ccnnc1.Cc1cncnc1.Cc1cncnn1.Cc1cnncn1.Cc1nccnn1.Cc1ncncn1. The molecule has 0 radical (unpaired) electrons. The predicted molar refractivity (Wildman–Crippen MR) is 269 cm³/mol. The zero-order chi connectivity index (χ0) is 49.8. The fourth-order valence-corrected chi connectivity index (χ4v) is 2.49. The summed E-state index contributed by atoms with van der Waals surface area (Å²) in [6, 6.07) is 12.2. The summed E-state index contributed by atoms with van der Waals surface area (Å²) in [5, 5.41) is 28.7. The minimum atomic E-state index is 0. The summed E-state index contributed by atoms with van der Waals surface area (Å²) in [6.07, 6.45) is 20.7. The van der Waals surface area contributed by atoms with Gasteiger partial charge in [-0.05, 0) is 65.7 Å². The molecular weight excluding hydrogens is 801 g/mol. The van der Waals surface area contributed by atoms with Crippen molar-refractivity contribution in [2.24, 2.45) is 0 Å². The fraction of sp³-hybridized carbons (Fsp3) is 0.458. The lowest BCUT2D eigenvalue weighted by atomic mass is 10.2. The van der Waals surface area contributed by atoms with E-state index in [0.29, 0.717) is 5.82 Å². The predicted octanol–water partition coefficient (Wildman–Crippen LogP) is 12.1. The average molecular weight is 887 g/mol. The van der Waals surface area contributed by atoms with E-state index in [2.05, 4.69) is 99.7 Å². The third kappa shape index (κ3) is 67.2. The second-order valence-electron chi connectivity index (χ2n) is 9.36. The van der Waals surface area contributed by atoms with Crippen LogP contribution in [0.2, 0.25) is 0 Å². The number of rotatable bonds is 0. The van der Waals surface area contributed by atoms with Crippen molar-refractivity contribution in [3.63, 3.8) is 0 Å². The summed E-state index contributed by atoms with van der Waals surface area (Å²) in [4.78, 5) is 30.0. The average Bonchev–Trinajstić information content (AvgIpc) is 3.36. The second-order valence-corrected chi connectivity index (χ2v) is 9.36. The number of hydrogen-bond donors (Lipinski definition) is 0. The van der Waals surface area contributed by atoms with Crippen LogP contribution in [-0.2, 0) is 0 Å². The van der Waals surface area contributed by atoms with Crippen LogP contribution in [0.15, 0.2) is 118 Å². The zero-order valence-corrected chi connectivity index (χ0v) is 42.6. The molecule has 0 aliphatic carbocycles. The molecule has 358 valence electrons. The van der Waals surface area contributed by atoms with Gasteiger partial charge in [-0.25, -0.2) is 39.9 Å². The summed E-state index contributed by atoms with van der Waals surface area (Å²) in [6.45, 7) is 41.4. The second kappa shape index (κ2) is 71.0. The van der Waals surface area contributed by atoms with Gasteiger partial charge in [0.15, 0.2) is 0 Å². The minimum absolute atomic E-state index is 0. The highest BCUT2D eigenvalue weighted by atomic mass is 15.1. The monoisotopic (exact) mass is 887 g/mol. The molecule has 0 saturated carbocycles. The first-order chi connectivity index (χ1) is 30.8. The van der Waals surface area contributed by atoms with Crippen LogP contribution in [-0.4, -0.2) is 80.7 Å². The lowest BCUT2D eigenvalue weighted by Crippen LogP contribution is -1.85. The molecule has 16 nitrogen and oxygen atoms in total. The van der Waals surface area contributed by atoms with Gasteiger partial charge in [-0.15, -0.1) is 15.3 Å². The maximum atomic E-state index is 3.81. The smallest absolute Gasteiger partial charge is 0.147 e. The summed E-state index contributed by atoms with van der Waals surface area (Å²) in [5.41, 5.74) is 5.32. The van der Waals surface area contributed by atoms with Gasteiger partial charge in [0, 0.05) is 24.8 Å². The van der Waals surface area contributed by atoms with Gasteiger partial charge in [-0.1, -0.05) is 140 Å². The molecule has 7 aromatic rings. The van der Waals surface area contributed by atoms with Crippen molar-refractivity contribution in [3.8, 4) is 0 Å². The molecule has 0 unspecified atom stereocenters. The van der Waals surface area contributed by atoms with Crippen LogP contribution in [0.3, 0.4) is 0 Å². The number of nitrogens with zero attached hydrogens (tertiary/aromatic N) is 16. The molecule has 6 aromatic heterocycles. The van der Waals surface area contributed by atoms with Crippen molar-refractivity contribution >= 4 is 0 Å². The van der Waals surface area contributed by atoms with Gasteiger partial charge in [-0.3, -0.25) is 0 Å². The van der Waals surface area contributed by atoms with Crippen LogP contribution in [0, 0.1) is 48.5 Å². The van der Waals surface area contributed by atoms with Crippen LogP contribution < -0.4 is 0 Å². The van der Waals surface area contributed by atoms with Gasteiger partial charge < -0.3 is 0 Å². The third-order valence-corrected chi connectivity index (χ3v) is 4.80. The number of hydrogen-bond acceptors (Lipinski definition) is 16. The van der Waals surface area contributed by atoms with E-state index in [4.69, 9.17) is 0 Å². The molecule has 0 amide bonds. The van der Waals surface area contributed by atoms with Crippen molar-refractivity contribution in [1.29, 1.82) is 0 Å². The summed E-state index contributed by atoms with van der Waals surface area (Å²) in [5.74, 6) is 1.47.